The van der Waals surface area contributed by atoms with Crippen molar-refractivity contribution >= 4 is 34.1 Å². The summed E-state index contributed by atoms with van der Waals surface area (Å²) in [5, 5.41) is 2.11. The number of carbonyl (C=O) groups excluding carboxylic acids is 2. The van der Waals surface area contributed by atoms with Crippen LogP contribution in [0, 0.1) is 11.8 Å². The lowest BCUT2D eigenvalue weighted by Crippen LogP contribution is -2.53. The molecule has 228 valence electrons. The van der Waals surface area contributed by atoms with E-state index < -0.39 is 0 Å². The Labute approximate surface area is 256 Å². The summed E-state index contributed by atoms with van der Waals surface area (Å²) in [4.78, 5) is 38.5. The van der Waals surface area contributed by atoms with Crippen molar-refractivity contribution in [2.75, 3.05) is 26.2 Å². The quantitative estimate of drug-likeness (QED) is 0.202. The first-order valence-corrected chi connectivity index (χ1v) is 17.3. The van der Waals surface area contributed by atoms with E-state index in [2.05, 4.69) is 60.7 Å². The van der Waals surface area contributed by atoms with Gasteiger partial charge in [0.1, 0.15) is 5.82 Å². The fourth-order valence-electron chi connectivity index (χ4n) is 7.27. The summed E-state index contributed by atoms with van der Waals surface area (Å²) in [5.74, 6) is 1.36. The number of aromatic nitrogens is 2. The summed E-state index contributed by atoms with van der Waals surface area (Å²) in [6.07, 6.45) is 10.5. The molecule has 0 N–H and O–H groups in total. The standard InChI is InChI=1S/C35H50N4O2S/c1-5-28(6-2)39-32-15-14-26(22-31(32)36-34(39)24-30-13-10-20-42-30)33(40)23-27(21-25(3)4)35(41)38-18-16-37(17-19-38)29-11-8-7-9-12-29/h10,13-15,20,22,25,27-29H,5-9,11-12,16-19,21,23-24H2,1-4H3/t27-/m1/s1. The minimum absolute atomic E-state index is 0.0497. The second-order valence-electron chi connectivity index (χ2n) is 12.9. The molecule has 1 amide bonds. The Morgan fingerprint density at radius 2 is 1.74 bits per heavy atom. The van der Waals surface area contributed by atoms with Crippen LogP contribution in [0.15, 0.2) is 35.7 Å². The highest BCUT2D eigenvalue weighted by Gasteiger charge is 2.32. The van der Waals surface area contributed by atoms with Crippen molar-refractivity contribution in [1.82, 2.24) is 19.4 Å². The Hall–Kier alpha value is -2.51. The number of thiophene rings is 1. The van der Waals surface area contributed by atoms with Gasteiger partial charge in [-0.3, -0.25) is 14.5 Å². The second kappa shape index (κ2) is 14.3. The number of Topliss-reactive ketones (excluding diaryl/α,β-unsaturated/α-hetero) is 1. The molecule has 42 heavy (non-hydrogen) atoms. The number of hydrogen-bond donors (Lipinski definition) is 0. The number of imidazole rings is 1. The number of nitrogens with zero attached hydrogens (tertiary/aromatic N) is 4. The summed E-state index contributed by atoms with van der Waals surface area (Å²) < 4.78 is 2.39. The van der Waals surface area contributed by atoms with Crippen molar-refractivity contribution in [2.45, 2.75) is 104 Å². The highest BCUT2D eigenvalue weighted by atomic mass is 32.1. The van der Waals surface area contributed by atoms with Crippen LogP contribution in [-0.4, -0.2) is 63.3 Å². The van der Waals surface area contributed by atoms with Crippen molar-refractivity contribution in [3.63, 3.8) is 0 Å². The number of fused-ring (bicyclic) bond motifs is 1. The maximum Gasteiger partial charge on any atom is 0.226 e. The van der Waals surface area contributed by atoms with Crippen LogP contribution in [0.1, 0.15) is 113 Å². The van der Waals surface area contributed by atoms with Crippen molar-refractivity contribution in [2.24, 2.45) is 11.8 Å². The van der Waals surface area contributed by atoms with Gasteiger partial charge >= 0.3 is 0 Å². The predicted molar refractivity (Wildman–Crippen MR) is 173 cm³/mol. The molecular weight excluding hydrogens is 540 g/mol. The van der Waals surface area contributed by atoms with Gasteiger partial charge in [-0.1, -0.05) is 53.0 Å². The van der Waals surface area contributed by atoms with Crippen LogP contribution in [0.3, 0.4) is 0 Å². The average molecular weight is 591 g/mol. The third-order valence-electron chi connectivity index (χ3n) is 9.56. The van der Waals surface area contributed by atoms with Crippen LogP contribution in [0.4, 0.5) is 0 Å². The van der Waals surface area contributed by atoms with Gasteiger partial charge in [-0.05, 0) is 67.7 Å². The molecule has 1 atom stereocenters. The van der Waals surface area contributed by atoms with E-state index in [1.807, 2.05) is 17.0 Å². The summed E-state index contributed by atoms with van der Waals surface area (Å²) in [6.45, 7) is 12.2. The fraction of sp³-hybridized carbons (Fsp3) is 0.629. The Morgan fingerprint density at radius 1 is 1.00 bits per heavy atom. The van der Waals surface area contributed by atoms with Gasteiger partial charge in [0.2, 0.25) is 5.91 Å². The monoisotopic (exact) mass is 590 g/mol. The Bertz CT molecular complexity index is 1310. The molecule has 1 saturated heterocycles. The van der Waals surface area contributed by atoms with Gasteiger partial charge in [-0.15, -0.1) is 11.3 Å². The van der Waals surface area contributed by atoms with E-state index in [4.69, 9.17) is 4.98 Å². The number of benzene rings is 1. The number of piperazine rings is 1. The Kier molecular flexibility index (Phi) is 10.5. The minimum atomic E-state index is -0.272. The second-order valence-corrected chi connectivity index (χ2v) is 14.0. The first kappa shape index (κ1) is 30.9. The van der Waals surface area contributed by atoms with Crippen LogP contribution in [0.5, 0.6) is 0 Å². The van der Waals surface area contributed by atoms with Gasteiger partial charge in [-0.2, -0.15) is 0 Å². The van der Waals surface area contributed by atoms with E-state index in [0.29, 0.717) is 23.6 Å². The van der Waals surface area contributed by atoms with Gasteiger partial charge in [0.05, 0.1) is 11.0 Å². The number of ketones is 1. The van der Waals surface area contributed by atoms with Crippen LogP contribution in [-0.2, 0) is 11.2 Å². The van der Waals surface area contributed by atoms with Crippen molar-refractivity contribution in [1.29, 1.82) is 0 Å². The first-order chi connectivity index (χ1) is 20.4. The van der Waals surface area contributed by atoms with Crippen molar-refractivity contribution < 1.29 is 9.59 Å². The molecule has 0 unspecified atom stereocenters. The summed E-state index contributed by atoms with van der Waals surface area (Å²) >= 11 is 1.76. The van der Waals surface area contributed by atoms with E-state index in [-0.39, 0.29) is 24.0 Å². The van der Waals surface area contributed by atoms with E-state index >= 15 is 0 Å². The average Bonchev–Trinajstić information content (AvgIpc) is 3.65. The van der Waals surface area contributed by atoms with Gasteiger partial charge in [0.25, 0.3) is 0 Å². The van der Waals surface area contributed by atoms with E-state index in [9.17, 15) is 9.59 Å². The molecule has 0 spiro atoms. The molecule has 3 heterocycles. The molecule has 6 nitrogen and oxygen atoms in total. The minimum Gasteiger partial charge on any atom is -0.340 e. The zero-order chi connectivity index (χ0) is 29.6. The molecule has 7 heteroatoms. The molecule has 2 fully saturated rings. The zero-order valence-corrected chi connectivity index (χ0v) is 27.0. The SMILES string of the molecule is CCC(CC)n1c(Cc2cccs2)nc2cc(C(=O)C[C@@H](CC(C)C)C(=O)N3CCN(C4CCCCC4)CC3)ccc21. The topological polar surface area (TPSA) is 58.4 Å². The maximum atomic E-state index is 13.8. The van der Waals surface area contributed by atoms with Crippen molar-refractivity contribution in [3.05, 3.63) is 52.0 Å². The van der Waals surface area contributed by atoms with E-state index in [1.165, 1.54) is 37.0 Å². The Morgan fingerprint density at radius 3 is 2.38 bits per heavy atom. The molecule has 2 aromatic heterocycles. The van der Waals surface area contributed by atoms with E-state index in [1.54, 1.807) is 11.3 Å². The molecule has 1 saturated carbocycles. The smallest absolute Gasteiger partial charge is 0.226 e. The van der Waals surface area contributed by atoms with Gasteiger partial charge in [-0.25, -0.2) is 4.98 Å². The molecule has 1 aromatic carbocycles. The van der Waals surface area contributed by atoms with Crippen LogP contribution >= 0.6 is 11.3 Å². The van der Waals surface area contributed by atoms with E-state index in [0.717, 1.165) is 68.7 Å². The summed E-state index contributed by atoms with van der Waals surface area (Å²) in [6, 6.07) is 11.3. The fourth-order valence-corrected chi connectivity index (χ4v) is 7.97. The van der Waals surface area contributed by atoms with Crippen LogP contribution < -0.4 is 0 Å². The predicted octanol–water partition coefficient (Wildman–Crippen LogP) is 7.76. The Balaban J connectivity index is 1.31. The largest absolute Gasteiger partial charge is 0.340 e. The van der Waals surface area contributed by atoms with Crippen molar-refractivity contribution in [3.8, 4) is 0 Å². The normalized spacial score (nSPS) is 17.9. The molecule has 0 radical (unpaired) electrons. The lowest BCUT2D eigenvalue weighted by Gasteiger charge is -2.41. The summed E-state index contributed by atoms with van der Waals surface area (Å²) in [5.41, 5.74) is 2.64. The molecule has 0 bridgehead atoms. The zero-order valence-electron chi connectivity index (χ0n) is 26.2. The number of rotatable bonds is 12. The maximum absolute atomic E-state index is 13.8. The lowest BCUT2D eigenvalue weighted by atomic mass is 9.89. The number of amides is 1. The molecule has 1 aliphatic carbocycles. The van der Waals surface area contributed by atoms with Crippen LogP contribution in [0.25, 0.3) is 11.0 Å². The molecule has 3 aromatic rings. The highest BCUT2D eigenvalue weighted by Crippen LogP contribution is 2.30. The number of carbonyl (C=O) groups is 2. The third-order valence-corrected chi connectivity index (χ3v) is 10.4. The molecular formula is C35H50N4O2S. The first-order valence-electron chi connectivity index (χ1n) is 16.5. The third kappa shape index (κ3) is 7.16. The summed E-state index contributed by atoms with van der Waals surface area (Å²) in [7, 11) is 0. The molecule has 2 aliphatic rings. The van der Waals surface area contributed by atoms with Gasteiger partial charge < -0.3 is 9.47 Å². The van der Waals surface area contributed by atoms with Gasteiger partial charge in [0, 0.05) is 67.5 Å². The molecule has 5 rings (SSSR count). The lowest BCUT2D eigenvalue weighted by molar-refractivity contribution is -0.138. The van der Waals surface area contributed by atoms with Gasteiger partial charge in [0.15, 0.2) is 5.78 Å². The number of hydrogen-bond acceptors (Lipinski definition) is 5. The van der Waals surface area contributed by atoms with Crippen LogP contribution in [0.2, 0.25) is 0 Å². The molecule has 1 aliphatic heterocycles. The highest BCUT2D eigenvalue weighted by molar-refractivity contribution is 7.09.